The van der Waals surface area contributed by atoms with Crippen molar-refractivity contribution < 1.29 is 24.4 Å². The molecule has 140 valence electrons. The van der Waals surface area contributed by atoms with Gasteiger partial charge in [0.25, 0.3) is 0 Å². The van der Waals surface area contributed by atoms with Crippen molar-refractivity contribution >= 4 is 5.78 Å². The van der Waals surface area contributed by atoms with Gasteiger partial charge < -0.3 is 9.84 Å². The Morgan fingerprint density at radius 2 is 1.70 bits per heavy atom. The van der Waals surface area contributed by atoms with Gasteiger partial charge in [-0.15, -0.1) is 0 Å². The molecule has 0 amide bonds. The minimum Gasteiger partial charge on any atom is -0.504 e. The van der Waals surface area contributed by atoms with E-state index in [1.807, 2.05) is 30.3 Å². The van der Waals surface area contributed by atoms with Crippen molar-refractivity contribution in [2.45, 2.75) is 18.5 Å². The van der Waals surface area contributed by atoms with Crippen LogP contribution in [0.4, 0.5) is 0 Å². The molecule has 5 nitrogen and oxygen atoms in total. The average molecular weight is 366 g/mol. The number of ketones is 1. The van der Waals surface area contributed by atoms with Gasteiger partial charge in [0.1, 0.15) is 31.6 Å². The van der Waals surface area contributed by atoms with E-state index < -0.39 is 0 Å². The zero-order chi connectivity index (χ0) is 18.8. The minimum absolute atomic E-state index is 0.169. The highest BCUT2D eigenvalue weighted by Crippen LogP contribution is 2.39. The van der Waals surface area contributed by atoms with Crippen LogP contribution < -0.4 is 14.5 Å². The third-order valence-corrected chi connectivity index (χ3v) is 6.95. The highest BCUT2D eigenvalue weighted by atomic mass is 16.5. The normalized spacial score (nSPS) is 36.8. The smallest absolute Gasteiger partial charge is 0.240 e. The number of carbonyl (C=O) groups is 1. The van der Waals surface area contributed by atoms with Crippen LogP contribution in [0.15, 0.2) is 48.5 Å². The third-order valence-electron chi connectivity index (χ3n) is 6.95. The van der Waals surface area contributed by atoms with E-state index in [1.54, 1.807) is 13.2 Å². The van der Waals surface area contributed by atoms with Gasteiger partial charge in [-0.2, -0.15) is 0 Å². The van der Waals surface area contributed by atoms with Crippen LogP contribution in [-0.2, 0) is 10.2 Å². The van der Waals surface area contributed by atoms with Crippen molar-refractivity contribution in [2.24, 2.45) is 5.41 Å². The Morgan fingerprint density at radius 1 is 1.04 bits per heavy atom. The number of hydrogen-bond donors (Lipinski definition) is 3. The first-order valence-corrected chi connectivity index (χ1v) is 9.63. The monoisotopic (exact) mass is 366 g/mol. The van der Waals surface area contributed by atoms with Crippen LogP contribution in [0.5, 0.6) is 11.5 Å². The average Bonchev–Trinajstić information content (AvgIpc) is 2.66. The van der Waals surface area contributed by atoms with Crippen LogP contribution in [-0.4, -0.2) is 44.2 Å². The molecule has 4 saturated heterocycles. The van der Waals surface area contributed by atoms with E-state index in [1.165, 1.54) is 15.4 Å². The van der Waals surface area contributed by atoms with E-state index in [4.69, 9.17) is 4.74 Å². The summed E-state index contributed by atoms with van der Waals surface area (Å²) in [5, 5.41) is 9.97. The Hall–Kier alpha value is -2.37. The molecule has 4 heterocycles. The van der Waals surface area contributed by atoms with Crippen molar-refractivity contribution in [2.75, 3.05) is 33.3 Å². The fraction of sp³-hybridized carbons (Fsp3) is 0.409. The van der Waals surface area contributed by atoms with Crippen LogP contribution in [0.1, 0.15) is 24.2 Å². The number of carbonyl (C=O) groups excluding carboxylic acids is 1. The Balaban J connectivity index is 1.58. The number of nitrogens with one attached hydrogen (secondary N) is 2. The number of rotatable bonds is 3. The summed E-state index contributed by atoms with van der Waals surface area (Å²) < 4.78 is 5.33. The number of ether oxygens (including phenoxy) is 1. The third kappa shape index (κ3) is 2.22. The van der Waals surface area contributed by atoms with E-state index in [9.17, 15) is 9.90 Å². The molecular formula is C22H26N2O3+2. The zero-order valence-corrected chi connectivity index (χ0v) is 15.8. The molecule has 2 aromatic carbocycles. The number of phenolic OH excluding ortho intramolecular Hbond substituents is 1. The van der Waals surface area contributed by atoms with Gasteiger partial charge >= 0.3 is 0 Å². The minimum atomic E-state index is -0.380. The van der Waals surface area contributed by atoms with Crippen LogP contribution in [0.25, 0.3) is 0 Å². The van der Waals surface area contributed by atoms with E-state index in [0.717, 1.165) is 31.7 Å². The Labute approximate surface area is 159 Å². The first kappa shape index (κ1) is 16.8. The van der Waals surface area contributed by atoms with Crippen molar-refractivity contribution in [1.29, 1.82) is 0 Å². The summed E-state index contributed by atoms with van der Waals surface area (Å²) in [5.74, 6) is 1.11. The lowest BCUT2D eigenvalue weighted by Gasteiger charge is -2.59. The molecule has 0 aliphatic carbocycles. The number of methoxy groups -OCH3 is 1. The molecule has 0 spiro atoms. The molecule has 2 atom stereocenters. The zero-order valence-electron chi connectivity index (χ0n) is 15.8. The summed E-state index contributed by atoms with van der Waals surface area (Å²) in [4.78, 5) is 16.4. The molecular weight excluding hydrogens is 340 g/mol. The summed E-state index contributed by atoms with van der Waals surface area (Å²) in [6.45, 7) is 5.57. The number of aromatic hydroxyl groups is 1. The maximum Gasteiger partial charge on any atom is 0.240 e. The highest BCUT2D eigenvalue weighted by molar-refractivity contribution is 5.96. The van der Waals surface area contributed by atoms with Gasteiger partial charge in [-0.05, 0) is 30.7 Å². The number of piperidine rings is 2. The quantitative estimate of drug-likeness (QED) is 0.701. The van der Waals surface area contributed by atoms with E-state index >= 15 is 0 Å². The molecule has 3 N–H and O–H groups in total. The molecule has 0 aromatic heterocycles. The number of quaternary nitrogens is 2. The maximum absolute atomic E-state index is 13.5. The molecule has 4 fully saturated rings. The van der Waals surface area contributed by atoms with Gasteiger partial charge in [-0.3, -0.25) is 14.6 Å². The summed E-state index contributed by atoms with van der Waals surface area (Å²) in [7, 11) is 1.58. The number of phenols is 1. The van der Waals surface area contributed by atoms with Crippen molar-refractivity contribution in [3.63, 3.8) is 0 Å². The second-order valence-electron chi connectivity index (χ2n) is 8.73. The molecule has 4 bridgehead atoms. The van der Waals surface area contributed by atoms with Crippen LogP contribution in [0.2, 0.25) is 0 Å². The summed E-state index contributed by atoms with van der Waals surface area (Å²) in [6, 6.07) is 16.0. The number of Topliss-reactive ketones (excluding diaryl/α,β-unsaturated/α-hetero) is 1. The topological polar surface area (TPSA) is 55.4 Å². The second kappa shape index (κ2) is 5.57. The summed E-state index contributed by atoms with van der Waals surface area (Å²) in [6.07, 6.45) is 0.275. The van der Waals surface area contributed by atoms with Gasteiger partial charge in [0, 0.05) is 0 Å². The Morgan fingerprint density at radius 3 is 2.33 bits per heavy atom. The lowest BCUT2D eigenvalue weighted by molar-refractivity contribution is -1.18. The number of hydrogen-bond acceptors (Lipinski definition) is 3. The van der Waals surface area contributed by atoms with Crippen LogP contribution >= 0.6 is 0 Å². The maximum atomic E-state index is 13.5. The molecule has 6 rings (SSSR count). The van der Waals surface area contributed by atoms with Crippen LogP contribution in [0, 0.1) is 5.41 Å². The molecule has 2 aromatic rings. The van der Waals surface area contributed by atoms with Crippen LogP contribution in [0.3, 0.4) is 0 Å². The summed E-state index contributed by atoms with van der Waals surface area (Å²) in [5.41, 5.74) is 1.69. The molecule has 27 heavy (non-hydrogen) atoms. The molecule has 5 heteroatoms. The van der Waals surface area contributed by atoms with E-state index in [0.29, 0.717) is 11.5 Å². The summed E-state index contributed by atoms with van der Waals surface area (Å²) >= 11 is 0. The SMILES string of the molecule is COc1cc(C2[NH+]3CC4(C)C[NH+]2CC(c2ccccc2)(C3)C4=O)ccc1O. The van der Waals surface area contributed by atoms with Gasteiger partial charge in [0.15, 0.2) is 22.7 Å². The highest BCUT2D eigenvalue weighted by Gasteiger charge is 2.70. The fourth-order valence-electron chi connectivity index (χ4n) is 6.06. The Kier molecular flexibility index (Phi) is 3.46. The lowest BCUT2D eigenvalue weighted by atomic mass is 9.58. The fourth-order valence-corrected chi connectivity index (χ4v) is 6.06. The van der Waals surface area contributed by atoms with Crippen molar-refractivity contribution in [3.05, 3.63) is 59.7 Å². The molecule has 4 aliphatic heterocycles. The van der Waals surface area contributed by atoms with E-state index in [2.05, 4.69) is 19.1 Å². The van der Waals surface area contributed by atoms with Gasteiger partial charge in [-0.25, -0.2) is 0 Å². The molecule has 0 saturated carbocycles. The standard InChI is InChI=1S/C22H24N2O3/c1-21-11-23-13-22(20(21)26,16-6-4-3-5-7-16)14-24(12-21)19(23)15-8-9-17(25)18(10-15)27-2/h3-10,19,25H,11-14H2,1-2H3/p+2. The van der Waals surface area contributed by atoms with Gasteiger partial charge in [-0.1, -0.05) is 30.3 Å². The van der Waals surface area contributed by atoms with Gasteiger partial charge in [0.05, 0.1) is 12.7 Å². The van der Waals surface area contributed by atoms with Crippen molar-refractivity contribution in [3.8, 4) is 11.5 Å². The Bertz CT molecular complexity index is 895. The molecule has 4 aliphatic rings. The largest absolute Gasteiger partial charge is 0.504 e. The lowest BCUT2D eigenvalue weighted by Crippen LogP contribution is -3.41. The molecule has 2 unspecified atom stereocenters. The second-order valence-corrected chi connectivity index (χ2v) is 8.73. The first-order valence-electron chi connectivity index (χ1n) is 9.63. The molecule has 0 radical (unpaired) electrons. The van der Waals surface area contributed by atoms with Gasteiger partial charge in [0.2, 0.25) is 6.17 Å². The predicted octanol–water partition coefficient (Wildman–Crippen LogP) is -0.277. The van der Waals surface area contributed by atoms with E-state index in [-0.39, 0.29) is 22.7 Å². The first-order chi connectivity index (χ1) is 13.0. The number of benzene rings is 2. The van der Waals surface area contributed by atoms with Crippen molar-refractivity contribution in [1.82, 2.24) is 0 Å². The predicted molar refractivity (Wildman–Crippen MR) is 100 cm³/mol.